The van der Waals surface area contributed by atoms with Gasteiger partial charge in [-0.25, -0.2) is 9.97 Å². The van der Waals surface area contributed by atoms with Crippen LogP contribution in [0.2, 0.25) is 0 Å². The molecular weight excluding hydrogens is 350 g/mol. The zero-order valence-corrected chi connectivity index (χ0v) is 15.6. The van der Waals surface area contributed by atoms with Crippen LogP contribution in [0.5, 0.6) is 0 Å². The van der Waals surface area contributed by atoms with E-state index in [2.05, 4.69) is 38.8 Å². The third-order valence-electron chi connectivity index (χ3n) is 4.10. The van der Waals surface area contributed by atoms with Crippen LogP contribution in [-0.4, -0.2) is 22.4 Å². The number of anilines is 2. The van der Waals surface area contributed by atoms with Gasteiger partial charge in [0.1, 0.15) is 5.69 Å². The molecule has 0 radical (unpaired) electrons. The zero-order chi connectivity index (χ0) is 19.8. The summed E-state index contributed by atoms with van der Waals surface area (Å²) in [5, 5.41) is 14.9. The van der Waals surface area contributed by atoms with Crippen LogP contribution in [0, 0.1) is 18.3 Å². The number of amides is 1. The SMILES string of the molecule is Cc1cc(C(=O)Nc2cccc(C#N)c2)nc(NCCCc2ccccc2)n1. The van der Waals surface area contributed by atoms with Gasteiger partial charge in [0.15, 0.2) is 0 Å². The van der Waals surface area contributed by atoms with Crippen molar-refractivity contribution in [2.75, 3.05) is 17.2 Å². The summed E-state index contributed by atoms with van der Waals surface area (Å²) < 4.78 is 0. The van der Waals surface area contributed by atoms with Gasteiger partial charge in [-0.2, -0.15) is 5.26 Å². The molecule has 3 rings (SSSR count). The molecule has 2 N–H and O–H groups in total. The molecule has 1 heterocycles. The third-order valence-corrected chi connectivity index (χ3v) is 4.10. The number of nitriles is 1. The van der Waals surface area contributed by atoms with Crippen LogP contribution in [0.4, 0.5) is 11.6 Å². The summed E-state index contributed by atoms with van der Waals surface area (Å²) in [6.45, 7) is 2.54. The van der Waals surface area contributed by atoms with Gasteiger partial charge in [0, 0.05) is 17.9 Å². The third kappa shape index (κ3) is 5.39. The molecule has 0 atom stereocenters. The van der Waals surface area contributed by atoms with E-state index in [9.17, 15) is 4.79 Å². The minimum absolute atomic E-state index is 0.278. The van der Waals surface area contributed by atoms with Crippen molar-refractivity contribution in [1.29, 1.82) is 5.26 Å². The number of hydrogen-bond donors (Lipinski definition) is 2. The molecule has 0 aliphatic rings. The summed E-state index contributed by atoms with van der Waals surface area (Å²) in [5.41, 5.74) is 3.31. The number of rotatable bonds is 7. The lowest BCUT2D eigenvalue weighted by molar-refractivity contribution is 0.102. The van der Waals surface area contributed by atoms with E-state index < -0.39 is 0 Å². The topological polar surface area (TPSA) is 90.7 Å². The average molecular weight is 371 g/mol. The Morgan fingerprint density at radius 1 is 1.07 bits per heavy atom. The number of carbonyl (C=O) groups is 1. The summed E-state index contributed by atoms with van der Waals surface area (Å²) in [6.07, 6.45) is 1.89. The summed E-state index contributed by atoms with van der Waals surface area (Å²) in [5.74, 6) is 0.0944. The fourth-order valence-corrected chi connectivity index (χ4v) is 2.76. The molecule has 0 spiro atoms. The van der Waals surface area contributed by atoms with Gasteiger partial charge in [0.2, 0.25) is 5.95 Å². The second-order valence-electron chi connectivity index (χ2n) is 6.38. The Morgan fingerprint density at radius 2 is 1.89 bits per heavy atom. The van der Waals surface area contributed by atoms with E-state index in [1.54, 1.807) is 30.3 Å². The molecule has 0 saturated carbocycles. The number of aryl methyl sites for hydroxylation is 2. The maximum absolute atomic E-state index is 12.5. The van der Waals surface area contributed by atoms with E-state index in [4.69, 9.17) is 5.26 Å². The minimum Gasteiger partial charge on any atom is -0.354 e. The maximum atomic E-state index is 12.5. The van der Waals surface area contributed by atoms with Crippen LogP contribution in [0.3, 0.4) is 0 Å². The molecule has 1 aromatic heterocycles. The molecule has 0 saturated heterocycles. The highest BCUT2D eigenvalue weighted by atomic mass is 16.1. The quantitative estimate of drug-likeness (QED) is 0.614. The van der Waals surface area contributed by atoms with Crippen molar-refractivity contribution in [3.63, 3.8) is 0 Å². The number of aromatic nitrogens is 2. The highest BCUT2D eigenvalue weighted by Gasteiger charge is 2.11. The standard InChI is InChI=1S/C22H21N5O/c1-16-13-20(21(28)26-19-11-5-9-18(14-19)15-23)27-22(25-16)24-12-6-10-17-7-3-2-4-8-17/h2-5,7-9,11,13-14H,6,10,12H2,1H3,(H,26,28)(H,24,25,27). The molecule has 6 nitrogen and oxygen atoms in total. The molecule has 6 heteroatoms. The largest absolute Gasteiger partial charge is 0.354 e. The molecule has 0 bridgehead atoms. The van der Waals surface area contributed by atoms with Gasteiger partial charge in [0.05, 0.1) is 11.6 Å². The van der Waals surface area contributed by atoms with E-state index in [1.807, 2.05) is 25.1 Å². The van der Waals surface area contributed by atoms with Gasteiger partial charge in [0.25, 0.3) is 5.91 Å². The number of nitrogens with one attached hydrogen (secondary N) is 2. The summed E-state index contributed by atoms with van der Waals surface area (Å²) in [7, 11) is 0. The van der Waals surface area contributed by atoms with Crippen molar-refractivity contribution < 1.29 is 4.79 Å². The van der Waals surface area contributed by atoms with E-state index in [0.29, 0.717) is 29.4 Å². The Morgan fingerprint density at radius 3 is 2.68 bits per heavy atom. The normalized spacial score (nSPS) is 10.1. The van der Waals surface area contributed by atoms with Gasteiger partial charge >= 0.3 is 0 Å². The van der Waals surface area contributed by atoms with Crippen LogP contribution in [0.1, 0.15) is 33.7 Å². The molecule has 0 aliphatic carbocycles. The highest BCUT2D eigenvalue weighted by Crippen LogP contribution is 2.13. The molecule has 2 aromatic carbocycles. The van der Waals surface area contributed by atoms with Gasteiger partial charge in [-0.05, 0) is 49.6 Å². The maximum Gasteiger partial charge on any atom is 0.274 e. The van der Waals surface area contributed by atoms with Crippen LogP contribution in [0.15, 0.2) is 60.7 Å². The predicted octanol–water partition coefficient (Wildman–Crippen LogP) is 3.95. The Labute approximate surface area is 164 Å². The molecule has 1 amide bonds. The number of nitrogens with zero attached hydrogens (tertiary/aromatic N) is 3. The van der Waals surface area contributed by atoms with E-state index in [-0.39, 0.29) is 11.6 Å². The Bertz CT molecular complexity index is 995. The lowest BCUT2D eigenvalue weighted by atomic mass is 10.1. The predicted molar refractivity (Wildman–Crippen MR) is 109 cm³/mol. The lowest BCUT2D eigenvalue weighted by Gasteiger charge is -2.09. The zero-order valence-electron chi connectivity index (χ0n) is 15.6. The second kappa shape index (κ2) is 9.28. The first-order valence-electron chi connectivity index (χ1n) is 9.09. The molecular formula is C22H21N5O. The van der Waals surface area contributed by atoms with Crippen molar-refractivity contribution in [3.05, 3.63) is 83.2 Å². The van der Waals surface area contributed by atoms with Crippen LogP contribution in [0.25, 0.3) is 0 Å². The summed E-state index contributed by atoms with van der Waals surface area (Å²) in [6, 6.07) is 20.7. The van der Waals surface area contributed by atoms with Crippen molar-refractivity contribution in [1.82, 2.24) is 9.97 Å². The first kappa shape index (κ1) is 19.1. The molecule has 28 heavy (non-hydrogen) atoms. The fourth-order valence-electron chi connectivity index (χ4n) is 2.76. The average Bonchev–Trinajstić information content (AvgIpc) is 2.72. The number of benzene rings is 2. The molecule has 0 fully saturated rings. The summed E-state index contributed by atoms with van der Waals surface area (Å²) in [4.78, 5) is 21.2. The molecule has 3 aromatic rings. The first-order chi connectivity index (χ1) is 13.6. The van der Waals surface area contributed by atoms with Gasteiger partial charge in [-0.15, -0.1) is 0 Å². The van der Waals surface area contributed by atoms with Crippen molar-refractivity contribution in [2.45, 2.75) is 19.8 Å². The van der Waals surface area contributed by atoms with Crippen LogP contribution in [-0.2, 0) is 6.42 Å². The fraction of sp³-hybridized carbons (Fsp3) is 0.182. The first-order valence-corrected chi connectivity index (χ1v) is 9.09. The van der Waals surface area contributed by atoms with Crippen molar-refractivity contribution in [2.24, 2.45) is 0 Å². The highest BCUT2D eigenvalue weighted by molar-refractivity contribution is 6.03. The molecule has 0 aliphatic heterocycles. The van der Waals surface area contributed by atoms with Crippen molar-refractivity contribution >= 4 is 17.5 Å². The van der Waals surface area contributed by atoms with E-state index >= 15 is 0 Å². The monoisotopic (exact) mass is 371 g/mol. The van der Waals surface area contributed by atoms with E-state index in [0.717, 1.165) is 12.8 Å². The lowest BCUT2D eigenvalue weighted by Crippen LogP contribution is -2.16. The Balaban J connectivity index is 1.60. The number of carbonyl (C=O) groups excluding carboxylic acids is 1. The smallest absolute Gasteiger partial charge is 0.274 e. The minimum atomic E-state index is -0.340. The van der Waals surface area contributed by atoms with Gasteiger partial charge in [-0.3, -0.25) is 4.79 Å². The summed E-state index contributed by atoms with van der Waals surface area (Å²) >= 11 is 0. The molecule has 140 valence electrons. The molecule has 0 unspecified atom stereocenters. The Hall–Kier alpha value is -3.72. The number of hydrogen-bond acceptors (Lipinski definition) is 5. The van der Waals surface area contributed by atoms with Gasteiger partial charge < -0.3 is 10.6 Å². The van der Waals surface area contributed by atoms with Crippen LogP contribution >= 0.6 is 0 Å². The van der Waals surface area contributed by atoms with E-state index in [1.165, 1.54) is 5.56 Å². The van der Waals surface area contributed by atoms with Crippen molar-refractivity contribution in [3.8, 4) is 6.07 Å². The second-order valence-corrected chi connectivity index (χ2v) is 6.38. The van der Waals surface area contributed by atoms with Gasteiger partial charge in [-0.1, -0.05) is 36.4 Å². The Kier molecular flexibility index (Phi) is 6.32. The van der Waals surface area contributed by atoms with Crippen LogP contribution < -0.4 is 10.6 Å².